The van der Waals surface area contributed by atoms with E-state index in [1.807, 2.05) is 30.3 Å². The Morgan fingerprint density at radius 3 is 2.64 bits per heavy atom. The number of hydrogen-bond acceptors (Lipinski definition) is 3. The Morgan fingerprint density at radius 1 is 1.27 bits per heavy atom. The molecule has 1 aromatic rings. The molecule has 0 aromatic heterocycles. The number of hydrazone groups is 1. The van der Waals surface area contributed by atoms with Crippen LogP contribution in [0, 0.1) is 5.53 Å². The molecule has 0 radical (unpaired) electrons. The van der Waals surface area contributed by atoms with Crippen LogP contribution in [0.1, 0.15) is 0 Å². The van der Waals surface area contributed by atoms with E-state index in [4.69, 9.17) is 5.53 Å². The maximum Gasteiger partial charge on any atom is 0.157 e. The maximum absolute atomic E-state index is 6.40. The lowest BCUT2D eigenvalue weighted by Crippen LogP contribution is -1.86. The predicted molar refractivity (Wildman–Crippen MR) is 43.7 cm³/mol. The zero-order chi connectivity index (χ0) is 7.94. The maximum atomic E-state index is 6.40. The lowest BCUT2D eigenvalue weighted by molar-refractivity contribution is 1.19. The molecule has 0 aliphatic rings. The van der Waals surface area contributed by atoms with Crippen molar-refractivity contribution in [3.05, 3.63) is 30.3 Å². The Hall–Kier alpha value is -1.71. The van der Waals surface area contributed by atoms with E-state index in [-0.39, 0.29) is 0 Å². The number of benzene rings is 1. The average molecular weight is 148 g/mol. The molecule has 0 aliphatic heterocycles. The van der Waals surface area contributed by atoms with Crippen LogP contribution >= 0.6 is 0 Å². The van der Waals surface area contributed by atoms with Crippen LogP contribution in [-0.2, 0) is 0 Å². The highest BCUT2D eigenvalue weighted by molar-refractivity contribution is 5.56. The fraction of sp³-hybridized carbons (Fsp3) is 0. The summed E-state index contributed by atoms with van der Waals surface area (Å²) in [5, 5.41) is 6.58. The van der Waals surface area contributed by atoms with E-state index in [0.717, 1.165) is 12.0 Å². The van der Waals surface area contributed by atoms with Gasteiger partial charge in [-0.15, -0.1) is 5.11 Å². The smallest absolute Gasteiger partial charge is 0.157 e. The highest BCUT2D eigenvalue weighted by atomic mass is 15.3. The summed E-state index contributed by atoms with van der Waals surface area (Å²) in [6, 6.07) is 9.47. The van der Waals surface area contributed by atoms with Crippen molar-refractivity contribution in [1.82, 2.24) is 0 Å². The Bertz CT molecular complexity index is 242. The van der Waals surface area contributed by atoms with Gasteiger partial charge in [-0.2, -0.15) is 5.10 Å². The fourth-order valence-electron chi connectivity index (χ4n) is 0.645. The second-order valence-corrected chi connectivity index (χ2v) is 1.85. The van der Waals surface area contributed by atoms with Crippen molar-refractivity contribution in [2.75, 3.05) is 5.43 Å². The van der Waals surface area contributed by atoms with Gasteiger partial charge in [0.2, 0.25) is 0 Å². The molecule has 0 amide bonds. The predicted octanol–water partition coefficient (Wildman–Crippen LogP) is 2.07. The van der Waals surface area contributed by atoms with Gasteiger partial charge in [-0.3, -0.25) is 5.43 Å². The largest absolute Gasteiger partial charge is 0.277 e. The van der Waals surface area contributed by atoms with Crippen LogP contribution < -0.4 is 5.43 Å². The molecule has 2 N–H and O–H groups in total. The monoisotopic (exact) mass is 148 g/mol. The van der Waals surface area contributed by atoms with Crippen LogP contribution in [0.4, 0.5) is 5.69 Å². The van der Waals surface area contributed by atoms with E-state index in [1.165, 1.54) is 0 Å². The molecule has 0 saturated heterocycles. The van der Waals surface area contributed by atoms with Gasteiger partial charge in [0.05, 0.1) is 5.69 Å². The third-order valence-corrected chi connectivity index (χ3v) is 1.08. The molecule has 56 valence electrons. The van der Waals surface area contributed by atoms with Crippen molar-refractivity contribution < 1.29 is 0 Å². The van der Waals surface area contributed by atoms with Gasteiger partial charge in [0.1, 0.15) is 0 Å². The number of hydrogen-bond donors (Lipinski definition) is 2. The van der Waals surface area contributed by atoms with E-state index in [0.29, 0.717) is 0 Å². The Labute approximate surface area is 64.4 Å². The van der Waals surface area contributed by atoms with Gasteiger partial charge >= 0.3 is 0 Å². The molecule has 1 aromatic carbocycles. The van der Waals surface area contributed by atoms with E-state index >= 15 is 0 Å². The third-order valence-electron chi connectivity index (χ3n) is 1.08. The van der Waals surface area contributed by atoms with E-state index in [1.54, 1.807) is 0 Å². The van der Waals surface area contributed by atoms with Crippen LogP contribution in [0.15, 0.2) is 40.5 Å². The van der Waals surface area contributed by atoms with Crippen LogP contribution in [0.5, 0.6) is 0 Å². The van der Waals surface area contributed by atoms with Crippen LogP contribution in [0.3, 0.4) is 0 Å². The molecule has 4 nitrogen and oxygen atoms in total. The highest BCUT2D eigenvalue weighted by Gasteiger charge is 1.82. The van der Waals surface area contributed by atoms with Gasteiger partial charge in [-0.05, 0) is 12.1 Å². The summed E-state index contributed by atoms with van der Waals surface area (Å²) in [4.78, 5) is 0. The Morgan fingerprint density at radius 2 is 2.00 bits per heavy atom. The first kappa shape index (κ1) is 7.40. The molecule has 0 heterocycles. The summed E-state index contributed by atoms with van der Waals surface area (Å²) >= 11 is 0. The van der Waals surface area contributed by atoms with Crippen LogP contribution in [-0.4, -0.2) is 6.34 Å². The van der Waals surface area contributed by atoms with Crippen molar-refractivity contribution in [3.8, 4) is 0 Å². The van der Waals surface area contributed by atoms with Crippen molar-refractivity contribution >= 4 is 12.0 Å². The zero-order valence-corrected chi connectivity index (χ0v) is 5.86. The van der Waals surface area contributed by atoms with Gasteiger partial charge in [0, 0.05) is 0 Å². The molecule has 1 rings (SSSR count). The molecular weight excluding hydrogens is 140 g/mol. The summed E-state index contributed by atoms with van der Waals surface area (Å²) in [5.74, 6) is 0. The number of para-hydroxylation sites is 1. The number of anilines is 1. The second-order valence-electron chi connectivity index (χ2n) is 1.85. The minimum atomic E-state index is 0.882. The quantitative estimate of drug-likeness (QED) is 0.293. The van der Waals surface area contributed by atoms with Crippen molar-refractivity contribution in [1.29, 1.82) is 5.53 Å². The third kappa shape index (κ3) is 2.57. The van der Waals surface area contributed by atoms with Gasteiger partial charge in [0.25, 0.3) is 0 Å². The molecule has 0 bridgehead atoms. The summed E-state index contributed by atoms with van der Waals surface area (Å²) in [6.45, 7) is 0. The lowest BCUT2D eigenvalue weighted by atomic mass is 10.3. The average Bonchev–Trinajstić information content (AvgIpc) is 2.07. The minimum Gasteiger partial charge on any atom is -0.277 e. The first-order chi connectivity index (χ1) is 5.43. The van der Waals surface area contributed by atoms with Gasteiger partial charge < -0.3 is 0 Å². The van der Waals surface area contributed by atoms with Crippen molar-refractivity contribution in [2.45, 2.75) is 0 Å². The summed E-state index contributed by atoms with van der Waals surface area (Å²) < 4.78 is 0. The molecule has 0 aliphatic carbocycles. The minimum absolute atomic E-state index is 0.882. The number of rotatable bonds is 3. The molecule has 0 saturated carbocycles. The summed E-state index contributed by atoms with van der Waals surface area (Å²) in [6.07, 6.45) is 1.13. The molecule has 11 heavy (non-hydrogen) atoms. The molecule has 4 heteroatoms. The van der Waals surface area contributed by atoms with Gasteiger partial charge in [-0.25, -0.2) is 5.53 Å². The molecule has 0 atom stereocenters. The van der Waals surface area contributed by atoms with Crippen molar-refractivity contribution in [3.63, 3.8) is 0 Å². The summed E-state index contributed by atoms with van der Waals surface area (Å²) in [7, 11) is 0. The zero-order valence-electron chi connectivity index (χ0n) is 5.86. The topological polar surface area (TPSA) is 60.6 Å². The van der Waals surface area contributed by atoms with Gasteiger partial charge in [-0.1, -0.05) is 18.2 Å². The molecule has 0 fully saturated rings. The first-order valence-electron chi connectivity index (χ1n) is 3.12. The Balaban J connectivity index is 2.51. The second kappa shape index (κ2) is 4.16. The normalized spacial score (nSPS) is 9.82. The van der Waals surface area contributed by atoms with Crippen LogP contribution in [0.2, 0.25) is 0 Å². The van der Waals surface area contributed by atoms with E-state index in [9.17, 15) is 0 Å². The van der Waals surface area contributed by atoms with Crippen molar-refractivity contribution in [2.24, 2.45) is 10.2 Å². The fourth-order valence-corrected chi connectivity index (χ4v) is 0.645. The summed E-state index contributed by atoms with van der Waals surface area (Å²) in [5.41, 5.74) is 9.99. The van der Waals surface area contributed by atoms with Gasteiger partial charge in [0.15, 0.2) is 6.34 Å². The number of nitrogens with zero attached hydrogens (tertiary/aromatic N) is 2. The van der Waals surface area contributed by atoms with E-state index < -0.39 is 0 Å². The van der Waals surface area contributed by atoms with E-state index in [2.05, 4.69) is 15.6 Å². The highest BCUT2D eigenvalue weighted by Crippen LogP contribution is 2.03. The SMILES string of the molecule is N=NC=NNc1ccccc1. The lowest BCUT2D eigenvalue weighted by Gasteiger charge is -1.95. The van der Waals surface area contributed by atoms with Crippen LogP contribution in [0.25, 0.3) is 0 Å². The molecule has 0 unspecified atom stereocenters. The number of nitrogens with one attached hydrogen (secondary N) is 2. The molecule has 0 spiro atoms. The molecular formula is C7H8N4. The standard InChI is InChI=1S/C7H8N4/c8-9-6-10-11-7-4-2-1-3-5-7/h1-6,8,11H. The Kier molecular flexibility index (Phi) is 2.80. The first-order valence-corrected chi connectivity index (χ1v) is 3.12.